The average Bonchev–Trinajstić information content (AvgIpc) is 2.86. The van der Waals surface area contributed by atoms with E-state index in [1.807, 2.05) is 4.52 Å². The molecule has 0 unspecified atom stereocenters. The van der Waals surface area contributed by atoms with Gasteiger partial charge in [-0.25, -0.2) is 4.52 Å². The van der Waals surface area contributed by atoms with E-state index in [-0.39, 0.29) is 0 Å². The van der Waals surface area contributed by atoms with Gasteiger partial charge in [-0.05, 0) is 37.5 Å². The van der Waals surface area contributed by atoms with Gasteiger partial charge in [0.1, 0.15) is 0 Å². The molecule has 1 aromatic carbocycles. The smallest absolute Gasteiger partial charge is 0.241 e. The number of hydrogen-bond donors (Lipinski definition) is 1. The summed E-state index contributed by atoms with van der Waals surface area (Å²) in [4.78, 5) is 5.01. The second kappa shape index (κ2) is 3.81. The molecule has 5 heteroatoms. The van der Waals surface area contributed by atoms with Gasteiger partial charge in [-0.3, -0.25) is 0 Å². The Morgan fingerprint density at radius 2 is 1.94 bits per heavy atom. The highest BCUT2D eigenvalue weighted by Crippen LogP contribution is 2.30. The van der Waals surface area contributed by atoms with Crippen molar-refractivity contribution in [1.82, 2.24) is 14.6 Å². The monoisotopic (exact) mass is 258 g/mol. The Labute approximate surface area is 109 Å². The Bertz CT molecular complexity index is 739. The van der Waals surface area contributed by atoms with E-state index in [1.54, 1.807) is 11.3 Å². The van der Waals surface area contributed by atoms with Crippen LogP contribution in [0.3, 0.4) is 0 Å². The topological polar surface area (TPSA) is 56.2 Å². The van der Waals surface area contributed by atoms with E-state index in [0.717, 1.165) is 10.7 Å². The summed E-state index contributed by atoms with van der Waals surface area (Å²) in [6.07, 6.45) is 0. The number of nitrogens with two attached hydrogens (primary N) is 1. The molecule has 4 nitrogen and oxygen atoms in total. The van der Waals surface area contributed by atoms with E-state index in [9.17, 15) is 0 Å². The van der Waals surface area contributed by atoms with Crippen LogP contribution in [0, 0.1) is 20.8 Å². The molecule has 2 N–H and O–H groups in total. The van der Waals surface area contributed by atoms with Gasteiger partial charge in [0.05, 0.1) is 5.69 Å². The summed E-state index contributed by atoms with van der Waals surface area (Å²) in [5.41, 5.74) is 11.8. The van der Waals surface area contributed by atoms with Crippen LogP contribution >= 0.6 is 11.3 Å². The second-order valence-electron chi connectivity index (χ2n) is 4.47. The van der Waals surface area contributed by atoms with E-state index in [1.165, 1.54) is 22.3 Å². The molecular formula is C13H14N4S. The minimum absolute atomic E-state index is 0.324. The highest BCUT2D eigenvalue weighted by molar-refractivity contribution is 7.15. The van der Waals surface area contributed by atoms with Gasteiger partial charge in [-0.15, -0.1) is 16.4 Å². The Kier molecular flexibility index (Phi) is 2.38. The van der Waals surface area contributed by atoms with Gasteiger partial charge >= 0.3 is 0 Å². The first-order chi connectivity index (χ1) is 8.58. The molecule has 2 aromatic heterocycles. The molecule has 0 bridgehead atoms. The predicted octanol–water partition coefficient (Wildman–Crippen LogP) is 2.97. The molecule has 0 saturated heterocycles. The van der Waals surface area contributed by atoms with Crippen molar-refractivity contribution in [3.63, 3.8) is 0 Å². The molecule has 2 heterocycles. The fourth-order valence-electron chi connectivity index (χ4n) is 2.12. The third kappa shape index (κ3) is 1.51. The number of hydrogen-bond acceptors (Lipinski definition) is 4. The van der Waals surface area contributed by atoms with Crippen LogP contribution in [0.15, 0.2) is 17.5 Å². The second-order valence-corrected chi connectivity index (χ2v) is 5.30. The summed E-state index contributed by atoms with van der Waals surface area (Å²) >= 11 is 1.56. The summed E-state index contributed by atoms with van der Waals surface area (Å²) < 4.78 is 1.82. The lowest BCUT2D eigenvalue weighted by Gasteiger charge is -2.09. The van der Waals surface area contributed by atoms with E-state index >= 15 is 0 Å². The number of anilines is 1. The molecule has 3 rings (SSSR count). The van der Waals surface area contributed by atoms with Crippen molar-refractivity contribution >= 4 is 22.2 Å². The first-order valence-corrected chi connectivity index (χ1v) is 6.63. The highest BCUT2D eigenvalue weighted by atomic mass is 32.1. The zero-order chi connectivity index (χ0) is 12.9. The lowest BCUT2D eigenvalue weighted by Crippen LogP contribution is -1.95. The van der Waals surface area contributed by atoms with Crippen LogP contribution in [0.1, 0.15) is 16.7 Å². The highest BCUT2D eigenvalue weighted by Gasteiger charge is 2.13. The van der Waals surface area contributed by atoms with Gasteiger partial charge in [0.25, 0.3) is 0 Å². The third-order valence-electron chi connectivity index (χ3n) is 3.43. The molecule has 0 fully saturated rings. The van der Waals surface area contributed by atoms with E-state index < -0.39 is 0 Å². The Hall–Kier alpha value is -1.88. The number of benzene rings is 1. The van der Waals surface area contributed by atoms with Gasteiger partial charge in [0, 0.05) is 10.9 Å². The van der Waals surface area contributed by atoms with Crippen molar-refractivity contribution in [3.8, 4) is 11.3 Å². The van der Waals surface area contributed by atoms with Crippen molar-refractivity contribution in [3.05, 3.63) is 34.2 Å². The fraction of sp³-hybridized carbons (Fsp3) is 0.231. The quantitative estimate of drug-likeness (QED) is 0.730. The van der Waals surface area contributed by atoms with Gasteiger partial charge in [0.2, 0.25) is 10.9 Å². The molecule has 0 atom stereocenters. The largest absolute Gasteiger partial charge is 0.366 e. The molecule has 3 aromatic rings. The minimum Gasteiger partial charge on any atom is -0.366 e. The van der Waals surface area contributed by atoms with Crippen molar-refractivity contribution in [2.24, 2.45) is 0 Å². The zero-order valence-corrected chi connectivity index (χ0v) is 11.4. The first kappa shape index (κ1) is 11.2. The average molecular weight is 258 g/mol. The summed E-state index contributed by atoms with van der Waals surface area (Å²) in [5, 5.41) is 6.31. The summed E-state index contributed by atoms with van der Waals surface area (Å²) in [7, 11) is 0. The molecule has 0 radical (unpaired) electrons. The number of aromatic nitrogens is 3. The van der Waals surface area contributed by atoms with E-state index in [0.29, 0.717) is 5.95 Å². The molecule has 18 heavy (non-hydrogen) atoms. The SMILES string of the molecule is Cc1ccc(-c2csc3nc(N)nn23)c(C)c1C. The molecule has 0 spiro atoms. The van der Waals surface area contributed by atoms with Gasteiger partial charge in [0.15, 0.2) is 0 Å². The molecule has 0 aliphatic rings. The number of thiazole rings is 1. The molecule has 0 aliphatic carbocycles. The number of fused-ring (bicyclic) bond motifs is 1. The summed E-state index contributed by atoms with van der Waals surface area (Å²) in [6.45, 7) is 6.41. The standard InChI is InChI=1S/C13H14N4S/c1-7-4-5-10(9(3)8(7)2)11-6-18-13-15-12(14)16-17(11)13/h4-6H,1-3H3,(H2,14,16). The van der Waals surface area contributed by atoms with Crippen LogP contribution in [0.5, 0.6) is 0 Å². The van der Waals surface area contributed by atoms with Crippen LogP contribution in [0.4, 0.5) is 5.95 Å². The van der Waals surface area contributed by atoms with Crippen molar-refractivity contribution in [2.75, 3.05) is 5.73 Å². The van der Waals surface area contributed by atoms with Crippen molar-refractivity contribution < 1.29 is 0 Å². The van der Waals surface area contributed by atoms with Crippen LogP contribution in [0.2, 0.25) is 0 Å². The molecule has 0 saturated carbocycles. The summed E-state index contributed by atoms with van der Waals surface area (Å²) in [6, 6.07) is 4.28. The molecular weight excluding hydrogens is 244 g/mol. The van der Waals surface area contributed by atoms with Crippen LogP contribution in [-0.4, -0.2) is 14.6 Å². The third-order valence-corrected chi connectivity index (χ3v) is 4.25. The zero-order valence-electron chi connectivity index (χ0n) is 10.6. The van der Waals surface area contributed by atoms with Gasteiger partial charge in [-0.1, -0.05) is 12.1 Å². The number of nitrogens with zero attached hydrogens (tertiary/aromatic N) is 3. The number of nitrogen functional groups attached to an aromatic ring is 1. The van der Waals surface area contributed by atoms with Crippen LogP contribution in [-0.2, 0) is 0 Å². The van der Waals surface area contributed by atoms with Crippen molar-refractivity contribution in [1.29, 1.82) is 0 Å². The Morgan fingerprint density at radius 3 is 2.72 bits per heavy atom. The van der Waals surface area contributed by atoms with Crippen molar-refractivity contribution in [2.45, 2.75) is 20.8 Å². The van der Waals surface area contributed by atoms with Gasteiger partial charge in [-0.2, -0.15) is 4.98 Å². The normalized spacial score (nSPS) is 11.3. The fourth-order valence-corrected chi connectivity index (χ4v) is 2.94. The molecule has 0 amide bonds. The Morgan fingerprint density at radius 1 is 1.17 bits per heavy atom. The van der Waals surface area contributed by atoms with Crippen LogP contribution in [0.25, 0.3) is 16.2 Å². The van der Waals surface area contributed by atoms with E-state index in [2.05, 4.69) is 48.4 Å². The Balaban J connectivity index is 2.29. The lowest BCUT2D eigenvalue weighted by atomic mass is 9.97. The maximum absolute atomic E-state index is 5.64. The number of rotatable bonds is 1. The molecule has 0 aliphatic heterocycles. The molecule has 92 valence electrons. The van der Waals surface area contributed by atoms with E-state index in [4.69, 9.17) is 5.73 Å². The number of aryl methyl sites for hydroxylation is 1. The maximum atomic E-state index is 5.64. The van der Waals surface area contributed by atoms with Crippen LogP contribution < -0.4 is 5.73 Å². The predicted molar refractivity (Wildman–Crippen MR) is 74.9 cm³/mol. The minimum atomic E-state index is 0.324. The lowest BCUT2D eigenvalue weighted by molar-refractivity contribution is 0.990. The summed E-state index contributed by atoms with van der Waals surface area (Å²) in [5.74, 6) is 0.324. The maximum Gasteiger partial charge on any atom is 0.241 e. The first-order valence-electron chi connectivity index (χ1n) is 5.75. The van der Waals surface area contributed by atoms with Gasteiger partial charge < -0.3 is 5.73 Å².